The summed E-state index contributed by atoms with van der Waals surface area (Å²) in [7, 11) is 1.64. The molecule has 0 saturated carbocycles. The van der Waals surface area contributed by atoms with Crippen molar-refractivity contribution in [2.45, 2.75) is 16.6 Å². The van der Waals surface area contributed by atoms with E-state index in [1.807, 2.05) is 35.2 Å². The van der Waals surface area contributed by atoms with Gasteiger partial charge in [0.05, 0.1) is 18.0 Å². The van der Waals surface area contributed by atoms with Crippen molar-refractivity contribution in [3.8, 4) is 11.5 Å². The molecular formula is C23H26ClN3O4S. The number of nitrogens with zero attached hydrogens (tertiary/aromatic N) is 2. The van der Waals surface area contributed by atoms with Crippen molar-refractivity contribution >= 4 is 40.9 Å². The Balaban J connectivity index is 1.20. The molecule has 32 heavy (non-hydrogen) atoms. The van der Waals surface area contributed by atoms with Gasteiger partial charge in [-0.2, -0.15) is 0 Å². The van der Waals surface area contributed by atoms with E-state index in [1.54, 1.807) is 19.2 Å². The van der Waals surface area contributed by atoms with Crippen LogP contribution in [-0.2, 0) is 9.59 Å². The minimum absolute atomic E-state index is 0.0178. The van der Waals surface area contributed by atoms with Crippen LogP contribution in [0.25, 0.3) is 0 Å². The number of halogens is 1. The van der Waals surface area contributed by atoms with Crippen molar-refractivity contribution in [1.82, 2.24) is 9.80 Å². The van der Waals surface area contributed by atoms with Crippen LogP contribution < -0.4 is 14.8 Å². The van der Waals surface area contributed by atoms with Gasteiger partial charge in [-0.15, -0.1) is 11.8 Å². The van der Waals surface area contributed by atoms with Crippen LogP contribution in [0, 0.1) is 0 Å². The number of methoxy groups -OCH3 is 1. The minimum Gasteiger partial charge on any atom is -0.497 e. The zero-order chi connectivity index (χ0) is 22.5. The average Bonchev–Trinajstić information content (AvgIpc) is 2.80. The molecule has 1 atom stereocenters. The highest BCUT2D eigenvalue weighted by molar-refractivity contribution is 8.01. The molecule has 4 rings (SSSR count). The van der Waals surface area contributed by atoms with E-state index in [-0.39, 0.29) is 18.2 Å². The Kier molecular flexibility index (Phi) is 7.44. The quantitative estimate of drug-likeness (QED) is 0.662. The number of thioether (sulfide) groups is 1. The molecule has 0 unspecified atom stereocenters. The molecule has 9 heteroatoms. The second-order valence-corrected chi connectivity index (χ2v) is 9.37. The highest BCUT2D eigenvalue weighted by atomic mass is 35.5. The Bertz CT molecular complexity index is 964. The SMILES string of the molecule is COc1ccc(OCCN2CCN(C(=O)C[C@H]3Sc4ccc(Cl)cc4NC3=O)CC2)cc1. The number of nitrogens with one attached hydrogen (secondary N) is 1. The summed E-state index contributed by atoms with van der Waals surface area (Å²) in [5.74, 6) is 1.49. The molecule has 2 aromatic carbocycles. The van der Waals surface area contributed by atoms with Gasteiger partial charge in [-0.3, -0.25) is 14.5 Å². The van der Waals surface area contributed by atoms with Crippen LogP contribution in [0.4, 0.5) is 5.69 Å². The summed E-state index contributed by atoms with van der Waals surface area (Å²) in [6.07, 6.45) is 0.194. The molecule has 2 amide bonds. The van der Waals surface area contributed by atoms with Gasteiger partial charge in [-0.05, 0) is 42.5 Å². The second-order valence-electron chi connectivity index (χ2n) is 7.69. The predicted molar refractivity (Wildman–Crippen MR) is 126 cm³/mol. The summed E-state index contributed by atoms with van der Waals surface area (Å²) in [4.78, 5) is 30.3. The van der Waals surface area contributed by atoms with Crippen LogP contribution in [0.15, 0.2) is 47.4 Å². The van der Waals surface area contributed by atoms with E-state index < -0.39 is 5.25 Å². The normalized spacial score (nSPS) is 18.6. The maximum Gasteiger partial charge on any atom is 0.238 e. The maximum atomic E-state index is 12.8. The molecule has 7 nitrogen and oxygen atoms in total. The number of fused-ring (bicyclic) bond motifs is 1. The lowest BCUT2D eigenvalue weighted by atomic mass is 10.2. The first kappa shape index (κ1) is 22.8. The molecule has 2 aromatic rings. The molecule has 0 aliphatic carbocycles. The largest absolute Gasteiger partial charge is 0.497 e. The predicted octanol–water partition coefficient (Wildman–Crippen LogP) is 3.37. The number of amides is 2. The molecule has 0 radical (unpaired) electrons. The van der Waals surface area contributed by atoms with E-state index in [0.717, 1.165) is 36.0 Å². The third-order valence-electron chi connectivity index (χ3n) is 5.58. The van der Waals surface area contributed by atoms with Gasteiger partial charge in [0.1, 0.15) is 18.1 Å². The van der Waals surface area contributed by atoms with E-state index in [4.69, 9.17) is 21.1 Å². The lowest BCUT2D eigenvalue weighted by Gasteiger charge is -2.35. The highest BCUT2D eigenvalue weighted by Gasteiger charge is 2.31. The van der Waals surface area contributed by atoms with Crippen LogP contribution in [0.1, 0.15) is 6.42 Å². The van der Waals surface area contributed by atoms with Gasteiger partial charge in [0.2, 0.25) is 11.8 Å². The van der Waals surface area contributed by atoms with Crippen LogP contribution in [0.3, 0.4) is 0 Å². The number of rotatable bonds is 7. The summed E-state index contributed by atoms with van der Waals surface area (Å²) >= 11 is 7.42. The van der Waals surface area contributed by atoms with E-state index in [0.29, 0.717) is 30.4 Å². The number of carbonyl (C=O) groups excluding carboxylic acids is 2. The molecule has 0 bridgehead atoms. The molecule has 2 aliphatic rings. The smallest absolute Gasteiger partial charge is 0.238 e. The average molecular weight is 476 g/mol. The monoisotopic (exact) mass is 475 g/mol. The van der Waals surface area contributed by atoms with Crippen molar-refractivity contribution < 1.29 is 19.1 Å². The Morgan fingerprint density at radius 3 is 2.56 bits per heavy atom. The van der Waals surface area contributed by atoms with E-state index in [1.165, 1.54) is 11.8 Å². The molecule has 2 aliphatic heterocycles. The molecular weight excluding hydrogens is 450 g/mol. The fraction of sp³-hybridized carbons (Fsp3) is 0.391. The highest BCUT2D eigenvalue weighted by Crippen LogP contribution is 2.38. The van der Waals surface area contributed by atoms with Crippen molar-refractivity contribution in [1.29, 1.82) is 0 Å². The number of carbonyl (C=O) groups is 2. The van der Waals surface area contributed by atoms with Gasteiger partial charge in [-0.1, -0.05) is 11.6 Å². The molecule has 170 valence electrons. The summed E-state index contributed by atoms with van der Waals surface area (Å²) in [5, 5.41) is 3.02. The summed E-state index contributed by atoms with van der Waals surface area (Å²) in [5.41, 5.74) is 0.710. The van der Waals surface area contributed by atoms with Crippen molar-refractivity contribution in [2.24, 2.45) is 0 Å². The Hall–Kier alpha value is -2.42. The molecule has 1 fully saturated rings. The van der Waals surface area contributed by atoms with Gasteiger partial charge in [0, 0.05) is 49.1 Å². The topological polar surface area (TPSA) is 71.1 Å². The maximum absolute atomic E-state index is 12.8. The fourth-order valence-electron chi connectivity index (χ4n) is 3.73. The third kappa shape index (κ3) is 5.68. The van der Waals surface area contributed by atoms with Crippen LogP contribution >= 0.6 is 23.4 Å². The Morgan fingerprint density at radius 2 is 1.84 bits per heavy atom. The Morgan fingerprint density at radius 1 is 1.12 bits per heavy atom. The van der Waals surface area contributed by atoms with Crippen molar-refractivity contribution in [3.63, 3.8) is 0 Å². The number of piperazine rings is 1. The summed E-state index contributed by atoms with van der Waals surface area (Å²) < 4.78 is 10.9. The molecule has 0 aromatic heterocycles. The number of benzene rings is 2. The van der Waals surface area contributed by atoms with Gasteiger partial charge in [0.15, 0.2) is 0 Å². The molecule has 0 spiro atoms. The van der Waals surface area contributed by atoms with Crippen molar-refractivity contribution in [3.05, 3.63) is 47.5 Å². The Labute approximate surface area is 197 Å². The number of hydrogen-bond donors (Lipinski definition) is 1. The first-order chi connectivity index (χ1) is 15.5. The zero-order valence-electron chi connectivity index (χ0n) is 17.9. The number of anilines is 1. The first-order valence-corrected chi connectivity index (χ1v) is 11.8. The van der Waals surface area contributed by atoms with E-state index >= 15 is 0 Å². The molecule has 1 N–H and O–H groups in total. The fourth-order valence-corrected chi connectivity index (χ4v) is 4.98. The minimum atomic E-state index is -0.424. The number of hydrogen-bond acceptors (Lipinski definition) is 6. The molecule has 2 heterocycles. The second kappa shape index (κ2) is 10.5. The van der Waals surface area contributed by atoms with Crippen LogP contribution in [-0.4, -0.2) is 73.3 Å². The van der Waals surface area contributed by atoms with E-state index in [9.17, 15) is 9.59 Å². The van der Waals surface area contributed by atoms with Gasteiger partial charge >= 0.3 is 0 Å². The summed E-state index contributed by atoms with van der Waals surface area (Å²) in [6, 6.07) is 12.9. The zero-order valence-corrected chi connectivity index (χ0v) is 19.5. The lowest BCUT2D eigenvalue weighted by molar-refractivity contribution is -0.134. The first-order valence-electron chi connectivity index (χ1n) is 10.6. The standard InChI is InChI=1S/C23H26ClN3O4S/c1-30-17-3-5-18(6-4-17)31-13-12-26-8-10-27(11-9-26)22(28)15-21-23(29)25-19-14-16(24)2-7-20(19)32-21/h2-7,14,21H,8-13,15H2,1H3,(H,25,29)/t21-/m1/s1. The molecule has 1 saturated heterocycles. The lowest BCUT2D eigenvalue weighted by Crippen LogP contribution is -2.50. The summed E-state index contributed by atoms with van der Waals surface area (Å²) in [6.45, 7) is 4.29. The van der Waals surface area contributed by atoms with Gasteiger partial charge < -0.3 is 19.7 Å². The van der Waals surface area contributed by atoms with Gasteiger partial charge in [0.25, 0.3) is 0 Å². The number of ether oxygens (including phenoxy) is 2. The van der Waals surface area contributed by atoms with Crippen molar-refractivity contribution in [2.75, 3.05) is 51.8 Å². The van der Waals surface area contributed by atoms with E-state index in [2.05, 4.69) is 10.2 Å². The third-order valence-corrected chi connectivity index (χ3v) is 7.09. The van der Waals surface area contributed by atoms with Gasteiger partial charge in [-0.25, -0.2) is 0 Å². The van der Waals surface area contributed by atoms with Crippen LogP contribution in [0.2, 0.25) is 5.02 Å². The van der Waals surface area contributed by atoms with Crippen LogP contribution in [0.5, 0.6) is 11.5 Å².